The summed E-state index contributed by atoms with van der Waals surface area (Å²) in [6.07, 6.45) is 1.74. The third-order valence-electron chi connectivity index (χ3n) is 3.13. The lowest BCUT2D eigenvalue weighted by molar-refractivity contribution is 0.183. The molecule has 1 aromatic heterocycles. The third kappa shape index (κ3) is 3.63. The van der Waals surface area contributed by atoms with E-state index >= 15 is 0 Å². The topological polar surface area (TPSA) is 102 Å². The van der Waals surface area contributed by atoms with Gasteiger partial charge in [0.1, 0.15) is 11.5 Å². The normalized spacial score (nSPS) is 12.4. The number of rotatable bonds is 7. The van der Waals surface area contributed by atoms with Gasteiger partial charge in [0.15, 0.2) is 0 Å². The van der Waals surface area contributed by atoms with Crippen molar-refractivity contribution >= 4 is 11.5 Å². The van der Waals surface area contributed by atoms with Crippen molar-refractivity contribution in [2.45, 2.75) is 45.8 Å². The molecule has 0 aliphatic rings. The highest BCUT2D eigenvalue weighted by Crippen LogP contribution is 2.11. The van der Waals surface area contributed by atoms with Crippen LogP contribution in [0.25, 0.3) is 0 Å². The van der Waals surface area contributed by atoms with E-state index in [1.807, 2.05) is 6.92 Å². The van der Waals surface area contributed by atoms with Crippen molar-refractivity contribution in [3.8, 4) is 0 Å². The van der Waals surface area contributed by atoms with E-state index in [4.69, 9.17) is 5.73 Å². The van der Waals surface area contributed by atoms with Crippen LogP contribution in [0.4, 0.5) is 11.5 Å². The quantitative estimate of drug-likeness (QED) is 0.617. The number of hydrogen-bond donors (Lipinski definition) is 3. The molecule has 1 rings (SSSR count). The Kier molecular flexibility index (Phi) is 5.82. The Labute approximate surface area is 118 Å². The molecular formula is C13H24N4O3. The number of nitrogens with two attached hydrogens (primary N) is 1. The zero-order valence-electron chi connectivity index (χ0n) is 12.3. The molecule has 1 unspecified atom stereocenters. The van der Waals surface area contributed by atoms with Crippen LogP contribution in [0.5, 0.6) is 0 Å². The Balaban J connectivity index is 3.01. The largest absolute Gasteiger partial charge is 0.393 e. The maximum Gasteiger partial charge on any atom is 0.332 e. The van der Waals surface area contributed by atoms with Gasteiger partial charge in [0.25, 0.3) is 5.56 Å². The predicted octanol–water partition coefficient (Wildman–Crippen LogP) is 0.112. The van der Waals surface area contributed by atoms with Crippen molar-refractivity contribution in [1.29, 1.82) is 0 Å². The molecule has 7 heteroatoms. The molecule has 114 valence electrons. The second-order valence-corrected chi connectivity index (χ2v) is 4.98. The summed E-state index contributed by atoms with van der Waals surface area (Å²) in [5, 5.41) is 12.2. The van der Waals surface area contributed by atoms with Crippen molar-refractivity contribution in [3.63, 3.8) is 0 Å². The van der Waals surface area contributed by atoms with Crippen LogP contribution in [-0.2, 0) is 13.6 Å². The highest BCUT2D eigenvalue weighted by molar-refractivity contribution is 5.60. The van der Waals surface area contributed by atoms with Gasteiger partial charge in [-0.3, -0.25) is 13.9 Å². The van der Waals surface area contributed by atoms with Gasteiger partial charge >= 0.3 is 5.69 Å². The Morgan fingerprint density at radius 1 is 1.40 bits per heavy atom. The maximum absolute atomic E-state index is 12.1. The summed E-state index contributed by atoms with van der Waals surface area (Å²) in [6, 6.07) is 0. The standard InChI is InChI=1S/C13H24N4O3/c1-4-8-17-11(14)10(12(19)16(3)13(17)20)15-7-5-6-9(2)18/h9,15,18H,4-8,14H2,1-3H3. The highest BCUT2D eigenvalue weighted by atomic mass is 16.3. The number of nitrogens with zero attached hydrogens (tertiary/aromatic N) is 2. The summed E-state index contributed by atoms with van der Waals surface area (Å²) in [7, 11) is 1.44. The molecule has 1 aromatic rings. The highest BCUT2D eigenvalue weighted by Gasteiger charge is 2.14. The van der Waals surface area contributed by atoms with E-state index in [1.54, 1.807) is 6.92 Å². The summed E-state index contributed by atoms with van der Waals surface area (Å²) in [5.41, 5.74) is 5.36. The van der Waals surface area contributed by atoms with E-state index in [0.29, 0.717) is 25.9 Å². The molecule has 1 atom stereocenters. The first-order chi connectivity index (χ1) is 9.40. The van der Waals surface area contributed by atoms with Crippen molar-refractivity contribution in [2.75, 3.05) is 17.6 Å². The van der Waals surface area contributed by atoms with Crippen molar-refractivity contribution in [1.82, 2.24) is 9.13 Å². The number of aromatic nitrogens is 2. The first kappa shape index (κ1) is 16.3. The van der Waals surface area contributed by atoms with Crippen LogP contribution in [-0.4, -0.2) is 26.9 Å². The molecule has 1 heterocycles. The fourth-order valence-corrected chi connectivity index (χ4v) is 2.00. The molecule has 0 amide bonds. The molecule has 20 heavy (non-hydrogen) atoms. The van der Waals surface area contributed by atoms with E-state index in [1.165, 1.54) is 11.6 Å². The number of nitrogens with one attached hydrogen (secondary N) is 1. The number of nitrogen functional groups attached to an aromatic ring is 1. The van der Waals surface area contributed by atoms with Gasteiger partial charge in [-0.25, -0.2) is 4.79 Å². The van der Waals surface area contributed by atoms with Crippen LogP contribution < -0.4 is 22.3 Å². The number of hydrogen-bond acceptors (Lipinski definition) is 5. The van der Waals surface area contributed by atoms with E-state index in [2.05, 4.69) is 5.32 Å². The van der Waals surface area contributed by atoms with Crippen LogP contribution in [0.1, 0.15) is 33.1 Å². The van der Waals surface area contributed by atoms with E-state index in [-0.39, 0.29) is 17.6 Å². The van der Waals surface area contributed by atoms with Gasteiger partial charge < -0.3 is 16.2 Å². The molecule has 0 saturated carbocycles. The summed E-state index contributed by atoms with van der Waals surface area (Å²) < 4.78 is 2.46. The first-order valence-electron chi connectivity index (χ1n) is 6.91. The van der Waals surface area contributed by atoms with Gasteiger partial charge in [0, 0.05) is 20.1 Å². The lowest BCUT2D eigenvalue weighted by Gasteiger charge is -2.15. The van der Waals surface area contributed by atoms with Gasteiger partial charge in [0.2, 0.25) is 0 Å². The molecule has 0 fully saturated rings. The molecular weight excluding hydrogens is 260 g/mol. The zero-order chi connectivity index (χ0) is 15.3. The van der Waals surface area contributed by atoms with Crippen LogP contribution in [0.2, 0.25) is 0 Å². The summed E-state index contributed by atoms with van der Waals surface area (Å²) >= 11 is 0. The van der Waals surface area contributed by atoms with Crippen LogP contribution in [0, 0.1) is 0 Å². The number of anilines is 2. The van der Waals surface area contributed by atoms with E-state index < -0.39 is 11.2 Å². The Morgan fingerprint density at radius 3 is 2.60 bits per heavy atom. The van der Waals surface area contributed by atoms with Crippen LogP contribution >= 0.6 is 0 Å². The summed E-state index contributed by atoms with van der Waals surface area (Å²) in [5.74, 6) is 0.178. The molecule has 0 bridgehead atoms. The number of aliphatic hydroxyl groups excluding tert-OH is 1. The second kappa shape index (κ2) is 7.14. The predicted molar refractivity (Wildman–Crippen MR) is 80.1 cm³/mol. The number of aliphatic hydroxyl groups is 1. The van der Waals surface area contributed by atoms with E-state index in [9.17, 15) is 14.7 Å². The molecule has 0 aliphatic carbocycles. The fraction of sp³-hybridized carbons (Fsp3) is 0.692. The van der Waals surface area contributed by atoms with Gasteiger partial charge in [0.05, 0.1) is 6.10 Å². The van der Waals surface area contributed by atoms with E-state index in [0.717, 1.165) is 11.0 Å². The van der Waals surface area contributed by atoms with Crippen molar-refractivity contribution in [2.24, 2.45) is 7.05 Å². The van der Waals surface area contributed by atoms with Gasteiger partial charge in [-0.15, -0.1) is 0 Å². The van der Waals surface area contributed by atoms with Crippen molar-refractivity contribution < 1.29 is 5.11 Å². The third-order valence-corrected chi connectivity index (χ3v) is 3.13. The molecule has 0 radical (unpaired) electrons. The Hall–Kier alpha value is -1.76. The lowest BCUT2D eigenvalue weighted by atomic mass is 10.2. The molecule has 4 N–H and O–H groups in total. The fourth-order valence-electron chi connectivity index (χ4n) is 2.00. The van der Waals surface area contributed by atoms with Gasteiger partial charge in [-0.05, 0) is 26.2 Å². The van der Waals surface area contributed by atoms with Crippen molar-refractivity contribution in [3.05, 3.63) is 20.8 Å². The zero-order valence-corrected chi connectivity index (χ0v) is 12.3. The summed E-state index contributed by atoms with van der Waals surface area (Å²) in [6.45, 7) is 4.65. The summed E-state index contributed by atoms with van der Waals surface area (Å²) in [4.78, 5) is 24.0. The molecule has 0 aliphatic heterocycles. The SMILES string of the molecule is CCCn1c(N)c(NCCCC(C)O)c(=O)n(C)c1=O. The smallest absolute Gasteiger partial charge is 0.332 e. The second-order valence-electron chi connectivity index (χ2n) is 4.98. The van der Waals surface area contributed by atoms with Gasteiger partial charge in [-0.2, -0.15) is 0 Å². The minimum atomic E-state index is -0.420. The lowest BCUT2D eigenvalue weighted by Crippen LogP contribution is -2.40. The molecule has 0 aromatic carbocycles. The maximum atomic E-state index is 12.1. The van der Waals surface area contributed by atoms with Gasteiger partial charge in [-0.1, -0.05) is 6.92 Å². The minimum absolute atomic E-state index is 0.178. The Morgan fingerprint density at radius 2 is 2.05 bits per heavy atom. The molecule has 0 saturated heterocycles. The molecule has 7 nitrogen and oxygen atoms in total. The Bertz CT molecular complexity index is 560. The molecule has 0 spiro atoms. The minimum Gasteiger partial charge on any atom is -0.393 e. The van der Waals surface area contributed by atoms with Crippen LogP contribution in [0.15, 0.2) is 9.59 Å². The van der Waals surface area contributed by atoms with Crippen LogP contribution in [0.3, 0.4) is 0 Å². The average molecular weight is 284 g/mol. The average Bonchev–Trinajstić information content (AvgIpc) is 2.40. The monoisotopic (exact) mass is 284 g/mol. The first-order valence-corrected chi connectivity index (χ1v) is 6.91.